The molecule has 0 atom stereocenters. The van der Waals surface area contributed by atoms with Gasteiger partial charge in [0.25, 0.3) is 5.91 Å². The van der Waals surface area contributed by atoms with E-state index in [-0.39, 0.29) is 5.91 Å². The maximum Gasteiger partial charge on any atom is 0.254 e. The zero-order chi connectivity index (χ0) is 16.1. The lowest BCUT2D eigenvalue weighted by molar-refractivity contribution is 0.0963. The van der Waals surface area contributed by atoms with Crippen LogP contribution >= 0.6 is 0 Å². The molecule has 6 nitrogen and oxygen atoms in total. The van der Waals surface area contributed by atoms with E-state index in [1.807, 2.05) is 18.2 Å². The average molecular weight is 313 g/mol. The van der Waals surface area contributed by atoms with Crippen molar-refractivity contribution in [2.75, 3.05) is 25.6 Å². The summed E-state index contributed by atoms with van der Waals surface area (Å²) in [6.45, 7) is 1.79. The quantitative estimate of drug-likeness (QED) is 0.905. The number of nitrogens with one attached hydrogen (secondary N) is 2. The maximum absolute atomic E-state index is 11.9. The first-order valence-corrected chi connectivity index (χ1v) is 7.58. The molecule has 3 rings (SSSR count). The second-order valence-corrected chi connectivity index (χ2v) is 5.13. The first-order valence-electron chi connectivity index (χ1n) is 7.58. The molecule has 1 amide bonds. The minimum atomic E-state index is -0.174. The van der Waals surface area contributed by atoms with Gasteiger partial charge >= 0.3 is 0 Å². The largest absolute Gasteiger partial charge is 0.490 e. The molecule has 0 bridgehead atoms. The molecule has 0 unspecified atom stereocenters. The van der Waals surface area contributed by atoms with Gasteiger partial charge < -0.3 is 20.1 Å². The Morgan fingerprint density at radius 1 is 1.22 bits per heavy atom. The number of aromatic nitrogens is 1. The Bertz CT molecular complexity index is 703. The molecule has 1 aliphatic heterocycles. The lowest BCUT2D eigenvalue weighted by Crippen LogP contribution is -2.20. The van der Waals surface area contributed by atoms with Crippen LogP contribution in [-0.4, -0.2) is 31.2 Å². The summed E-state index contributed by atoms with van der Waals surface area (Å²) in [5, 5.41) is 5.82. The van der Waals surface area contributed by atoms with Gasteiger partial charge in [-0.05, 0) is 18.2 Å². The first kappa shape index (κ1) is 15.1. The van der Waals surface area contributed by atoms with Crippen molar-refractivity contribution in [3.63, 3.8) is 0 Å². The molecule has 1 aromatic heterocycles. The van der Waals surface area contributed by atoms with Gasteiger partial charge in [0.05, 0.1) is 18.8 Å². The SMILES string of the molecule is CNC(=O)c1cccnc1NCc1cccc2c1OCCCO2. The second kappa shape index (κ2) is 7.00. The van der Waals surface area contributed by atoms with E-state index in [0.717, 1.165) is 23.5 Å². The monoisotopic (exact) mass is 313 g/mol. The topological polar surface area (TPSA) is 72.5 Å². The standard InChI is InChI=1S/C17H19N3O3/c1-18-17(21)13-6-3-8-19-16(13)20-11-12-5-2-7-14-15(12)23-10-4-9-22-14/h2-3,5-8H,4,9-11H2,1H3,(H,18,21)(H,19,20). The Labute approximate surface area is 134 Å². The van der Waals surface area contributed by atoms with Crippen LogP contribution in [0.1, 0.15) is 22.3 Å². The van der Waals surface area contributed by atoms with Gasteiger partial charge in [0.1, 0.15) is 5.82 Å². The first-order chi connectivity index (χ1) is 11.3. The van der Waals surface area contributed by atoms with Crippen molar-refractivity contribution in [3.05, 3.63) is 47.7 Å². The van der Waals surface area contributed by atoms with E-state index in [1.165, 1.54) is 0 Å². The molecular weight excluding hydrogens is 294 g/mol. The van der Waals surface area contributed by atoms with Gasteiger partial charge in [0.2, 0.25) is 0 Å². The fraction of sp³-hybridized carbons (Fsp3) is 0.294. The number of fused-ring (bicyclic) bond motifs is 1. The summed E-state index contributed by atoms with van der Waals surface area (Å²) in [6.07, 6.45) is 2.52. The minimum absolute atomic E-state index is 0.174. The fourth-order valence-electron chi connectivity index (χ4n) is 2.44. The maximum atomic E-state index is 11.9. The van der Waals surface area contributed by atoms with Crippen LogP contribution in [0.5, 0.6) is 11.5 Å². The van der Waals surface area contributed by atoms with Gasteiger partial charge in [-0.15, -0.1) is 0 Å². The summed E-state index contributed by atoms with van der Waals surface area (Å²) >= 11 is 0. The number of para-hydroxylation sites is 1. The van der Waals surface area contributed by atoms with E-state index in [2.05, 4.69) is 15.6 Å². The van der Waals surface area contributed by atoms with Crippen molar-refractivity contribution >= 4 is 11.7 Å². The highest BCUT2D eigenvalue weighted by Gasteiger charge is 2.15. The summed E-state index contributed by atoms with van der Waals surface area (Å²) in [5.41, 5.74) is 1.48. The van der Waals surface area contributed by atoms with E-state index in [9.17, 15) is 4.79 Å². The van der Waals surface area contributed by atoms with Crippen molar-refractivity contribution in [2.24, 2.45) is 0 Å². The number of hydrogen-bond acceptors (Lipinski definition) is 5. The van der Waals surface area contributed by atoms with Crippen molar-refractivity contribution in [1.29, 1.82) is 0 Å². The van der Waals surface area contributed by atoms with Crippen LogP contribution in [0.3, 0.4) is 0 Å². The smallest absolute Gasteiger partial charge is 0.254 e. The van der Waals surface area contributed by atoms with Crippen molar-refractivity contribution in [2.45, 2.75) is 13.0 Å². The Kier molecular flexibility index (Phi) is 4.61. The summed E-state index contributed by atoms with van der Waals surface area (Å²) in [6, 6.07) is 9.28. The molecule has 1 aliphatic rings. The van der Waals surface area contributed by atoms with Gasteiger partial charge in [-0.1, -0.05) is 12.1 Å². The minimum Gasteiger partial charge on any atom is -0.490 e. The number of ether oxygens (including phenoxy) is 2. The summed E-state index contributed by atoms with van der Waals surface area (Å²) in [5.74, 6) is 1.88. The zero-order valence-corrected chi connectivity index (χ0v) is 13.0. The van der Waals surface area contributed by atoms with Gasteiger partial charge in [-0.2, -0.15) is 0 Å². The number of benzene rings is 1. The summed E-state index contributed by atoms with van der Waals surface area (Å²) in [7, 11) is 1.60. The predicted molar refractivity (Wildman–Crippen MR) is 87.0 cm³/mol. The number of hydrogen-bond donors (Lipinski definition) is 2. The Morgan fingerprint density at radius 2 is 2.09 bits per heavy atom. The van der Waals surface area contributed by atoms with Gasteiger partial charge in [0, 0.05) is 31.8 Å². The average Bonchev–Trinajstić information content (AvgIpc) is 2.85. The number of carbonyl (C=O) groups is 1. The molecule has 0 radical (unpaired) electrons. The highest BCUT2D eigenvalue weighted by molar-refractivity contribution is 5.98. The number of anilines is 1. The molecule has 2 N–H and O–H groups in total. The predicted octanol–water partition coefficient (Wildman–Crippen LogP) is 2.21. The number of nitrogens with zero attached hydrogens (tertiary/aromatic N) is 1. The van der Waals surface area contributed by atoms with Crippen LogP contribution < -0.4 is 20.1 Å². The van der Waals surface area contributed by atoms with Crippen molar-refractivity contribution < 1.29 is 14.3 Å². The number of rotatable bonds is 4. The molecule has 0 spiro atoms. The lowest BCUT2D eigenvalue weighted by Gasteiger charge is -2.14. The highest BCUT2D eigenvalue weighted by atomic mass is 16.5. The summed E-state index contributed by atoms with van der Waals surface area (Å²) in [4.78, 5) is 16.1. The van der Waals surface area contributed by atoms with Crippen molar-refractivity contribution in [3.8, 4) is 11.5 Å². The van der Waals surface area contributed by atoms with Gasteiger partial charge in [0.15, 0.2) is 11.5 Å². The van der Waals surface area contributed by atoms with E-state index in [1.54, 1.807) is 25.4 Å². The Hall–Kier alpha value is -2.76. The van der Waals surface area contributed by atoms with E-state index in [4.69, 9.17) is 9.47 Å². The molecule has 1 aromatic carbocycles. The van der Waals surface area contributed by atoms with Crippen LogP contribution in [0.25, 0.3) is 0 Å². The molecule has 2 heterocycles. The van der Waals surface area contributed by atoms with Crippen molar-refractivity contribution in [1.82, 2.24) is 10.3 Å². The molecular formula is C17H19N3O3. The fourth-order valence-corrected chi connectivity index (χ4v) is 2.44. The molecule has 2 aromatic rings. The molecule has 6 heteroatoms. The van der Waals surface area contributed by atoms with Gasteiger partial charge in [-0.25, -0.2) is 4.98 Å². The van der Waals surface area contributed by atoms with Gasteiger partial charge in [-0.3, -0.25) is 4.79 Å². The normalized spacial score (nSPS) is 13.1. The van der Waals surface area contributed by atoms with E-state index < -0.39 is 0 Å². The van der Waals surface area contributed by atoms with Crippen LogP contribution in [0.15, 0.2) is 36.5 Å². The Morgan fingerprint density at radius 3 is 2.96 bits per heavy atom. The van der Waals surface area contributed by atoms with Crippen LogP contribution in [0.4, 0.5) is 5.82 Å². The molecule has 0 fully saturated rings. The van der Waals surface area contributed by atoms with E-state index in [0.29, 0.717) is 31.1 Å². The number of carbonyl (C=O) groups excluding carboxylic acids is 1. The van der Waals surface area contributed by atoms with E-state index >= 15 is 0 Å². The molecule has 0 aliphatic carbocycles. The molecule has 23 heavy (non-hydrogen) atoms. The summed E-state index contributed by atoms with van der Waals surface area (Å²) < 4.78 is 11.5. The Balaban J connectivity index is 1.81. The highest BCUT2D eigenvalue weighted by Crippen LogP contribution is 2.33. The number of pyridine rings is 1. The molecule has 120 valence electrons. The lowest BCUT2D eigenvalue weighted by atomic mass is 10.1. The third kappa shape index (κ3) is 3.36. The third-order valence-corrected chi connectivity index (χ3v) is 3.58. The zero-order valence-electron chi connectivity index (χ0n) is 13.0. The molecule has 0 saturated carbocycles. The van der Waals surface area contributed by atoms with Crippen LogP contribution in [0.2, 0.25) is 0 Å². The van der Waals surface area contributed by atoms with Crippen LogP contribution in [-0.2, 0) is 6.54 Å². The van der Waals surface area contributed by atoms with Crippen LogP contribution in [0, 0.1) is 0 Å². The third-order valence-electron chi connectivity index (χ3n) is 3.58. The number of amides is 1. The second-order valence-electron chi connectivity index (χ2n) is 5.13. The molecule has 0 saturated heterocycles.